The molecule has 112 valence electrons. The van der Waals surface area contributed by atoms with Crippen LogP contribution in [0.5, 0.6) is 5.75 Å². The van der Waals surface area contributed by atoms with Crippen molar-refractivity contribution in [2.24, 2.45) is 12.8 Å². The SMILES string of the molecule is CCc1nn(C)c(COc2cccc(F)c2C(N)=S)c1Cl. The normalized spacial score (nSPS) is 10.7. The van der Waals surface area contributed by atoms with Gasteiger partial charge in [-0.3, -0.25) is 4.68 Å². The van der Waals surface area contributed by atoms with Crippen molar-refractivity contribution in [2.75, 3.05) is 0 Å². The molecule has 1 aromatic heterocycles. The van der Waals surface area contributed by atoms with Crippen molar-refractivity contribution in [2.45, 2.75) is 20.0 Å². The van der Waals surface area contributed by atoms with E-state index in [1.54, 1.807) is 17.8 Å². The molecule has 0 radical (unpaired) electrons. The number of rotatable bonds is 5. The molecule has 0 aliphatic carbocycles. The molecule has 0 spiro atoms. The molecule has 0 aliphatic rings. The number of nitrogens with zero attached hydrogens (tertiary/aromatic N) is 2. The van der Waals surface area contributed by atoms with E-state index in [4.69, 9.17) is 34.3 Å². The molecule has 2 rings (SSSR count). The van der Waals surface area contributed by atoms with E-state index in [-0.39, 0.29) is 22.9 Å². The number of aromatic nitrogens is 2. The Kier molecular flexibility index (Phi) is 4.80. The highest BCUT2D eigenvalue weighted by atomic mass is 35.5. The first-order chi connectivity index (χ1) is 9.95. The number of benzene rings is 1. The largest absolute Gasteiger partial charge is 0.486 e. The second-order valence-electron chi connectivity index (χ2n) is 4.45. The van der Waals surface area contributed by atoms with Crippen LogP contribution in [0.2, 0.25) is 5.02 Å². The van der Waals surface area contributed by atoms with E-state index < -0.39 is 5.82 Å². The zero-order valence-electron chi connectivity index (χ0n) is 11.7. The van der Waals surface area contributed by atoms with Crippen molar-refractivity contribution in [3.05, 3.63) is 46.0 Å². The second kappa shape index (κ2) is 6.41. The summed E-state index contributed by atoms with van der Waals surface area (Å²) in [6.45, 7) is 2.12. The van der Waals surface area contributed by atoms with Crippen LogP contribution >= 0.6 is 23.8 Å². The van der Waals surface area contributed by atoms with Crippen molar-refractivity contribution in [3.8, 4) is 5.75 Å². The number of hydrogen-bond donors (Lipinski definition) is 1. The smallest absolute Gasteiger partial charge is 0.137 e. The first-order valence-corrected chi connectivity index (χ1v) is 7.15. The molecule has 0 atom stereocenters. The Morgan fingerprint density at radius 1 is 1.52 bits per heavy atom. The molecular formula is C14H15ClFN3OS. The molecule has 1 aromatic carbocycles. The first kappa shape index (κ1) is 15.7. The van der Waals surface area contributed by atoms with Gasteiger partial charge in [-0.25, -0.2) is 4.39 Å². The monoisotopic (exact) mass is 327 g/mol. The van der Waals surface area contributed by atoms with E-state index in [1.165, 1.54) is 12.1 Å². The molecule has 0 bridgehead atoms. The van der Waals surface area contributed by atoms with E-state index in [1.807, 2.05) is 6.92 Å². The Morgan fingerprint density at radius 3 is 2.81 bits per heavy atom. The Morgan fingerprint density at radius 2 is 2.24 bits per heavy atom. The van der Waals surface area contributed by atoms with Gasteiger partial charge in [0.2, 0.25) is 0 Å². The predicted octanol–water partition coefficient (Wildman–Crippen LogP) is 2.99. The van der Waals surface area contributed by atoms with Crippen molar-refractivity contribution in [1.82, 2.24) is 9.78 Å². The van der Waals surface area contributed by atoms with E-state index in [2.05, 4.69) is 5.10 Å². The average Bonchev–Trinajstić information content (AvgIpc) is 2.70. The molecule has 4 nitrogen and oxygen atoms in total. The standard InChI is InChI=1S/C14H15ClFN3OS/c1-3-9-13(15)10(19(2)18-9)7-20-11-6-4-5-8(16)12(11)14(17)21/h4-6H,3,7H2,1-2H3,(H2,17,21). The molecule has 0 saturated carbocycles. The molecule has 0 amide bonds. The zero-order valence-corrected chi connectivity index (χ0v) is 13.3. The number of ether oxygens (including phenoxy) is 1. The number of halogens is 2. The third kappa shape index (κ3) is 3.16. The highest BCUT2D eigenvalue weighted by Crippen LogP contribution is 2.25. The molecular weight excluding hydrogens is 313 g/mol. The molecule has 2 N–H and O–H groups in total. The summed E-state index contributed by atoms with van der Waals surface area (Å²) in [5.74, 6) is -0.219. The lowest BCUT2D eigenvalue weighted by Crippen LogP contribution is -2.14. The molecule has 0 fully saturated rings. The minimum atomic E-state index is -0.509. The van der Waals surface area contributed by atoms with Gasteiger partial charge < -0.3 is 10.5 Å². The third-order valence-electron chi connectivity index (χ3n) is 3.09. The van der Waals surface area contributed by atoms with Gasteiger partial charge in [-0.1, -0.05) is 36.8 Å². The highest BCUT2D eigenvalue weighted by Gasteiger charge is 2.16. The Balaban J connectivity index is 2.27. The number of nitrogens with two attached hydrogens (primary N) is 1. The second-order valence-corrected chi connectivity index (χ2v) is 5.27. The van der Waals surface area contributed by atoms with Crippen molar-refractivity contribution < 1.29 is 9.13 Å². The van der Waals surface area contributed by atoms with Crippen LogP contribution in [0.4, 0.5) is 4.39 Å². The molecule has 7 heteroatoms. The lowest BCUT2D eigenvalue weighted by Gasteiger charge is -2.11. The molecule has 0 unspecified atom stereocenters. The predicted molar refractivity (Wildman–Crippen MR) is 84.2 cm³/mol. The van der Waals surface area contributed by atoms with Gasteiger partial charge in [-0.15, -0.1) is 0 Å². The van der Waals surface area contributed by atoms with E-state index in [9.17, 15) is 4.39 Å². The fraction of sp³-hybridized carbons (Fsp3) is 0.286. The Hall–Kier alpha value is -1.66. The minimum absolute atomic E-state index is 0.0477. The van der Waals surface area contributed by atoms with Crippen LogP contribution in [-0.2, 0) is 20.1 Å². The van der Waals surface area contributed by atoms with E-state index >= 15 is 0 Å². The summed E-state index contributed by atoms with van der Waals surface area (Å²) in [6, 6.07) is 4.44. The summed E-state index contributed by atoms with van der Waals surface area (Å²) in [4.78, 5) is -0.0477. The third-order valence-corrected chi connectivity index (χ3v) is 3.73. The quantitative estimate of drug-likeness (QED) is 0.858. The van der Waals surface area contributed by atoms with Gasteiger partial charge in [-0.05, 0) is 18.6 Å². The van der Waals surface area contributed by atoms with Crippen LogP contribution in [0, 0.1) is 5.82 Å². The van der Waals surface area contributed by atoms with Gasteiger partial charge in [-0.2, -0.15) is 5.10 Å². The molecule has 0 saturated heterocycles. The summed E-state index contributed by atoms with van der Waals surface area (Å²) >= 11 is 11.1. The van der Waals surface area contributed by atoms with Gasteiger partial charge in [0.05, 0.1) is 22.0 Å². The fourth-order valence-electron chi connectivity index (χ4n) is 1.99. The van der Waals surface area contributed by atoms with Gasteiger partial charge in [0.1, 0.15) is 23.2 Å². The van der Waals surface area contributed by atoms with Gasteiger partial charge in [0.15, 0.2) is 0 Å². The van der Waals surface area contributed by atoms with Crippen LogP contribution in [0.1, 0.15) is 23.9 Å². The van der Waals surface area contributed by atoms with Crippen molar-refractivity contribution in [1.29, 1.82) is 0 Å². The fourth-order valence-corrected chi connectivity index (χ4v) is 2.53. The zero-order chi connectivity index (χ0) is 15.6. The highest BCUT2D eigenvalue weighted by molar-refractivity contribution is 7.80. The summed E-state index contributed by atoms with van der Waals surface area (Å²) in [5.41, 5.74) is 7.15. The van der Waals surface area contributed by atoms with Crippen LogP contribution in [0.15, 0.2) is 18.2 Å². The van der Waals surface area contributed by atoms with Crippen LogP contribution < -0.4 is 10.5 Å². The molecule has 2 aromatic rings. The lowest BCUT2D eigenvalue weighted by atomic mass is 10.2. The molecule has 21 heavy (non-hydrogen) atoms. The number of thiocarbonyl (C=S) groups is 1. The van der Waals surface area contributed by atoms with E-state index in [0.29, 0.717) is 10.7 Å². The summed E-state index contributed by atoms with van der Waals surface area (Å²) < 4.78 is 21.0. The van der Waals surface area contributed by atoms with E-state index in [0.717, 1.165) is 12.1 Å². The maximum Gasteiger partial charge on any atom is 0.137 e. The first-order valence-electron chi connectivity index (χ1n) is 6.37. The molecule has 1 heterocycles. The molecule has 0 aliphatic heterocycles. The van der Waals surface area contributed by atoms with Crippen molar-refractivity contribution in [3.63, 3.8) is 0 Å². The van der Waals surface area contributed by atoms with Crippen LogP contribution in [-0.4, -0.2) is 14.8 Å². The average molecular weight is 328 g/mol. The minimum Gasteiger partial charge on any atom is -0.486 e. The number of hydrogen-bond acceptors (Lipinski definition) is 3. The van der Waals surface area contributed by atoms with Gasteiger partial charge in [0, 0.05) is 7.05 Å². The maximum atomic E-state index is 13.8. The van der Waals surface area contributed by atoms with Crippen LogP contribution in [0.25, 0.3) is 0 Å². The number of aryl methyl sites for hydroxylation is 2. The lowest BCUT2D eigenvalue weighted by molar-refractivity contribution is 0.293. The Bertz CT molecular complexity index is 687. The van der Waals surface area contributed by atoms with Crippen molar-refractivity contribution >= 4 is 28.8 Å². The maximum absolute atomic E-state index is 13.8. The Labute approximate surface area is 132 Å². The van der Waals surface area contributed by atoms with Gasteiger partial charge in [0.25, 0.3) is 0 Å². The van der Waals surface area contributed by atoms with Crippen LogP contribution in [0.3, 0.4) is 0 Å². The topological polar surface area (TPSA) is 53.1 Å². The summed E-state index contributed by atoms with van der Waals surface area (Å²) in [5, 5.41) is 4.86. The van der Waals surface area contributed by atoms with Gasteiger partial charge >= 0.3 is 0 Å². The summed E-state index contributed by atoms with van der Waals surface area (Å²) in [6.07, 6.45) is 0.727. The summed E-state index contributed by atoms with van der Waals surface area (Å²) in [7, 11) is 1.78.